The molecule has 0 aliphatic rings. The van der Waals surface area contributed by atoms with E-state index in [1.54, 1.807) is 6.92 Å². The number of amides is 1. The van der Waals surface area contributed by atoms with E-state index in [-0.39, 0.29) is 30.9 Å². The number of carbonyl (C=O) groups is 1. The summed E-state index contributed by atoms with van der Waals surface area (Å²) in [6, 6.07) is 3.49. The Hall–Kier alpha value is -1.83. The van der Waals surface area contributed by atoms with Crippen molar-refractivity contribution >= 4 is 17.3 Å². The van der Waals surface area contributed by atoms with Crippen LogP contribution in [-0.4, -0.2) is 36.6 Å². The van der Waals surface area contributed by atoms with Crippen molar-refractivity contribution in [2.45, 2.75) is 19.5 Å². The molecule has 0 spiro atoms. The zero-order chi connectivity index (χ0) is 16.0. The fourth-order valence-corrected chi connectivity index (χ4v) is 1.72. The van der Waals surface area contributed by atoms with Crippen molar-refractivity contribution in [3.8, 4) is 0 Å². The molecule has 1 aromatic rings. The molecule has 118 valence electrons. The number of nitrogens with two attached hydrogens (primary N) is 1. The predicted octanol–water partition coefficient (Wildman–Crippen LogP) is 2.62. The molecule has 21 heavy (non-hydrogen) atoms. The fraction of sp³-hybridized carbons (Fsp3) is 0.462. The van der Waals surface area contributed by atoms with Crippen LogP contribution in [0.1, 0.15) is 13.3 Å². The summed E-state index contributed by atoms with van der Waals surface area (Å²) in [6.45, 7) is 0.686. The van der Waals surface area contributed by atoms with Crippen LogP contribution in [0.25, 0.3) is 0 Å². The maximum atomic E-state index is 12.8. The number of anilines is 2. The first-order chi connectivity index (χ1) is 9.71. The summed E-state index contributed by atoms with van der Waals surface area (Å²) in [7, 11) is 0. The molecule has 0 atom stereocenters. The first-order valence-corrected chi connectivity index (χ1v) is 6.35. The van der Waals surface area contributed by atoms with Crippen molar-refractivity contribution in [1.29, 1.82) is 0 Å². The van der Waals surface area contributed by atoms with Crippen molar-refractivity contribution in [1.82, 2.24) is 4.90 Å². The van der Waals surface area contributed by atoms with Crippen LogP contribution in [0.3, 0.4) is 0 Å². The lowest BCUT2D eigenvalue weighted by Crippen LogP contribution is -2.36. The normalized spacial score (nSPS) is 11.7. The number of nitrogens with one attached hydrogen (secondary N) is 1. The highest BCUT2D eigenvalue weighted by molar-refractivity contribution is 5.93. The second kappa shape index (κ2) is 7.26. The van der Waals surface area contributed by atoms with Crippen molar-refractivity contribution in [3.63, 3.8) is 0 Å². The molecule has 0 saturated carbocycles. The van der Waals surface area contributed by atoms with Gasteiger partial charge >= 0.3 is 6.18 Å². The Morgan fingerprint density at radius 2 is 2.05 bits per heavy atom. The van der Waals surface area contributed by atoms with Crippen LogP contribution in [0, 0.1) is 5.82 Å². The van der Waals surface area contributed by atoms with Gasteiger partial charge in [0.2, 0.25) is 5.91 Å². The average molecular weight is 307 g/mol. The number of nitrogens with zero attached hydrogens (tertiary/aromatic N) is 1. The standard InChI is InChI=1S/C13H17F4N3O/c1-2-20(8-13(15,16)17)6-5-12(21)19-11-4-3-9(14)7-10(11)18/h3-4,7H,2,5-6,8,18H2,1H3,(H,19,21). The van der Waals surface area contributed by atoms with Gasteiger partial charge in [-0.05, 0) is 24.7 Å². The molecule has 0 fully saturated rings. The van der Waals surface area contributed by atoms with E-state index >= 15 is 0 Å². The van der Waals surface area contributed by atoms with E-state index in [9.17, 15) is 22.4 Å². The molecule has 0 bridgehead atoms. The molecule has 0 unspecified atom stereocenters. The first-order valence-electron chi connectivity index (χ1n) is 6.35. The van der Waals surface area contributed by atoms with E-state index in [0.717, 1.165) is 17.0 Å². The van der Waals surface area contributed by atoms with Gasteiger partial charge in [0.05, 0.1) is 17.9 Å². The minimum atomic E-state index is -4.30. The summed E-state index contributed by atoms with van der Waals surface area (Å²) >= 11 is 0. The molecule has 0 aromatic heterocycles. The molecule has 0 radical (unpaired) electrons. The number of alkyl halides is 3. The van der Waals surface area contributed by atoms with Crippen LogP contribution >= 0.6 is 0 Å². The van der Waals surface area contributed by atoms with E-state index in [0.29, 0.717) is 0 Å². The molecular weight excluding hydrogens is 290 g/mol. The lowest BCUT2D eigenvalue weighted by molar-refractivity contribution is -0.146. The highest BCUT2D eigenvalue weighted by Crippen LogP contribution is 2.19. The van der Waals surface area contributed by atoms with Gasteiger partial charge in [0.1, 0.15) is 5.82 Å². The van der Waals surface area contributed by atoms with Gasteiger partial charge in [0.15, 0.2) is 0 Å². The number of nitrogen functional groups attached to an aromatic ring is 1. The van der Waals surface area contributed by atoms with E-state index < -0.39 is 24.4 Å². The largest absolute Gasteiger partial charge is 0.401 e. The number of rotatable bonds is 6. The SMILES string of the molecule is CCN(CCC(=O)Nc1ccc(F)cc1N)CC(F)(F)F. The topological polar surface area (TPSA) is 58.4 Å². The molecule has 1 rings (SSSR count). The third-order valence-corrected chi connectivity index (χ3v) is 2.79. The minimum Gasteiger partial charge on any atom is -0.397 e. The van der Waals surface area contributed by atoms with E-state index in [2.05, 4.69) is 5.32 Å². The van der Waals surface area contributed by atoms with Crippen LogP contribution in [0.2, 0.25) is 0 Å². The number of hydrogen-bond acceptors (Lipinski definition) is 3. The van der Waals surface area contributed by atoms with Crippen molar-refractivity contribution in [3.05, 3.63) is 24.0 Å². The van der Waals surface area contributed by atoms with Gasteiger partial charge in [-0.25, -0.2) is 4.39 Å². The van der Waals surface area contributed by atoms with E-state index in [1.165, 1.54) is 6.07 Å². The van der Waals surface area contributed by atoms with Gasteiger partial charge in [-0.1, -0.05) is 6.92 Å². The van der Waals surface area contributed by atoms with E-state index in [1.807, 2.05) is 0 Å². The molecule has 1 amide bonds. The van der Waals surface area contributed by atoms with Gasteiger partial charge in [-0.15, -0.1) is 0 Å². The van der Waals surface area contributed by atoms with Crippen LogP contribution < -0.4 is 11.1 Å². The maximum absolute atomic E-state index is 12.8. The van der Waals surface area contributed by atoms with Crippen LogP contribution in [0.4, 0.5) is 28.9 Å². The number of hydrogen-bond donors (Lipinski definition) is 2. The van der Waals surface area contributed by atoms with Crippen LogP contribution in [0.5, 0.6) is 0 Å². The molecule has 8 heteroatoms. The zero-order valence-corrected chi connectivity index (χ0v) is 11.5. The van der Waals surface area contributed by atoms with Gasteiger partial charge in [0.25, 0.3) is 0 Å². The molecule has 0 aliphatic carbocycles. The van der Waals surface area contributed by atoms with Crippen molar-refractivity contribution in [2.24, 2.45) is 0 Å². The molecular formula is C13H17F4N3O. The summed E-state index contributed by atoms with van der Waals surface area (Å²) in [4.78, 5) is 12.8. The molecule has 0 saturated heterocycles. The Labute approximate surface area is 119 Å². The first kappa shape index (κ1) is 17.2. The highest BCUT2D eigenvalue weighted by Gasteiger charge is 2.30. The maximum Gasteiger partial charge on any atom is 0.401 e. The number of benzene rings is 1. The Morgan fingerprint density at radius 1 is 1.38 bits per heavy atom. The molecule has 0 aliphatic heterocycles. The average Bonchev–Trinajstić information content (AvgIpc) is 2.36. The molecule has 0 heterocycles. The monoisotopic (exact) mass is 307 g/mol. The lowest BCUT2D eigenvalue weighted by Gasteiger charge is -2.21. The number of carbonyl (C=O) groups excluding carboxylic acids is 1. The van der Waals surface area contributed by atoms with Crippen molar-refractivity contribution < 1.29 is 22.4 Å². The Kier molecular flexibility index (Phi) is 5.95. The second-order valence-corrected chi connectivity index (χ2v) is 4.51. The zero-order valence-electron chi connectivity index (χ0n) is 11.5. The van der Waals surface area contributed by atoms with Crippen molar-refractivity contribution in [2.75, 3.05) is 30.7 Å². The Morgan fingerprint density at radius 3 is 2.57 bits per heavy atom. The lowest BCUT2D eigenvalue weighted by atomic mass is 10.2. The smallest absolute Gasteiger partial charge is 0.397 e. The summed E-state index contributed by atoms with van der Waals surface area (Å²) in [5.41, 5.74) is 5.82. The van der Waals surface area contributed by atoms with Gasteiger partial charge in [-0.2, -0.15) is 13.2 Å². The fourth-order valence-electron chi connectivity index (χ4n) is 1.72. The Balaban J connectivity index is 2.50. The minimum absolute atomic E-state index is 0.0249. The third-order valence-electron chi connectivity index (χ3n) is 2.79. The van der Waals surface area contributed by atoms with Crippen LogP contribution in [0.15, 0.2) is 18.2 Å². The quantitative estimate of drug-likeness (QED) is 0.627. The van der Waals surface area contributed by atoms with E-state index in [4.69, 9.17) is 5.73 Å². The van der Waals surface area contributed by atoms with Gasteiger partial charge < -0.3 is 11.1 Å². The predicted molar refractivity (Wildman–Crippen MR) is 72.2 cm³/mol. The van der Waals surface area contributed by atoms with Gasteiger partial charge in [0, 0.05) is 13.0 Å². The molecule has 4 nitrogen and oxygen atoms in total. The molecule has 3 N–H and O–H groups in total. The molecule has 1 aromatic carbocycles. The summed E-state index contributed by atoms with van der Waals surface area (Å²) in [6.07, 6.45) is -4.41. The summed E-state index contributed by atoms with van der Waals surface area (Å²) in [5, 5.41) is 2.44. The second-order valence-electron chi connectivity index (χ2n) is 4.51. The van der Waals surface area contributed by atoms with Crippen LogP contribution in [-0.2, 0) is 4.79 Å². The van der Waals surface area contributed by atoms with Gasteiger partial charge in [-0.3, -0.25) is 9.69 Å². The summed E-state index contributed by atoms with van der Waals surface area (Å²) < 4.78 is 49.6. The number of halogens is 4. The third kappa shape index (κ3) is 6.44. The summed E-state index contributed by atoms with van der Waals surface area (Å²) in [5.74, 6) is -1.01. The highest BCUT2D eigenvalue weighted by atomic mass is 19.4. The Bertz CT molecular complexity index is 491.